The number of amides is 2. The molecule has 5 heteroatoms. The highest BCUT2D eigenvalue weighted by atomic mass is 32.1. The van der Waals surface area contributed by atoms with Gasteiger partial charge < -0.3 is 15.4 Å². The Hall–Kier alpha value is -1.07. The lowest BCUT2D eigenvalue weighted by Gasteiger charge is -2.17. The summed E-state index contributed by atoms with van der Waals surface area (Å²) in [5, 5.41) is 5.91. The lowest BCUT2D eigenvalue weighted by Crippen LogP contribution is -2.42. The summed E-state index contributed by atoms with van der Waals surface area (Å²) in [5.41, 5.74) is 0. The molecule has 1 aromatic rings. The molecule has 0 unspecified atom stereocenters. The molecule has 19 heavy (non-hydrogen) atoms. The number of thiophene rings is 1. The normalized spacial score (nSPS) is 17.4. The van der Waals surface area contributed by atoms with Gasteiger partial charge in [0.1, 0.15) is 6.10 Å². The van der Waals surface area contributed by atoms with Crippen molar-refractivity contribution in [3.05, 3.63) is 21.9 Å². The maximum absolute atomic E-state index is 11.8. The van der Waals surface area contributed by atoms with Crippen LogP contribution >= 0.6 is 11.3 Å². The Balaban J connectivity index is 1.77. The highest BCUT2D eigenvalue weighted by Gasteiger charge is 2.18. The van der Waals surface area contributed by atoms with Gasteiger partial charge in [-0.05, 0) is 31.9 Å². The van der Waals surface area contributed by atoms with Crippen molar-refractivity contribution in [1.82, 2.24) is 10.6 Å². The fraction of sp³-hybridized carbons (Fsp3) is 0.643. The Labute approximate surface area is 118 Å². The summed E-state index contributed by atoms with van der Waals surface area (Å²) in [7, 11) is 1.68. The summed E-state index contributed by atoms with van der Waals surface area (Å²) in [4.78, 5) is 14.2. The molecule has 2 amide bonds. The number of hydrogen-bond acceptors (Lipinski definition) is 3. The van der Waals surface area contributed by atoms with E-state index < -0.39 is 0 Å². The van der Waals surface area contributed by atoms with Crippen molar-refractivity contribution in [2.75, 3.05) is 13.7 Å². The smallest absolute Gasteiger partial charge is 0.315 e. The van der Waals surface area contributed by atoms with Crippen LogP contribution in [0.4, 0.5) is 4.79 Å². The number of urea groups is 1. The topological polar surface area (TPSA) is 50.4 Å². The van der Waals surface area contributed by atoms with Crippen LogP contribution in [-0.4, -0.2) is 25.7 Å². The van der Waals surface area contributed by atoms with E-state index in [-0.39, 0.29) is 12.1 Å². The SMILES string of the molecule is CO[C@@H](CNC(=O)NC1CCCC1)c1ccc(C)s1. The van der Waals surface area contributed by atoms with Crippen LogP contribution in [0.15, 0.2) is 12.1 Å². The van der Waals surface area contributed by atoms with Crippen LogP contribution in [0.2, 0.25) is 0 Å². The molecule has 1 aliphatic carbocycles. The minimum absolute atomic E-state index is 0.0620. The maximum atomic E-state index is 11.8. The summed E-state index contributed by atoms with van der Waals surface area (Å²) in [5.74, 6) is 0. The van der Waals surface area contributed by atoms with Crippen LogP contribution in [0.5, 0.6) is 0 Å². The van der Waals surface area contributed by atoms with Crippen molar-refractivity contribution in [2.24, 2.45) is 0 Å². The molecule has 0 aliphatic heterocycles. The van der Waals surface area contributed by atoms with E-state index in [9.17, 15) is 4.79 Å². The van der Waals surface area contributed by atoms with Crippen molar-refractivity contribution in [3.8, 4) is 0 Å². The van der Waals surface area contributed by atoms with Crippen LogP contribution in [0.3, 0.4) is 0 Å². The number of carbonyl (C=O) groups is 1. The van der Waals surface area contributed by atoms with E-state index in [2.05, 4.69) is 29.7 Å². The molecule has 0 bridgehead atoms. The summed E-state index contributed by atoms with van der Waals surface area (Å²) >= 11 is 1.71. The Kier molecular flexibility index (Phi) is 5.22. The average Bonchev–Trinajstić information content (AvgIpc) is 3.02. The summed E-state index contributed by atoms with van der Waals surface area (Å²) in [6.07, 6.45) is 4.59. The van der Waals surface area contributed by atoms with Gasteiger partial charge in [0, 0.05) is 22.9 Å². The third-order valence-corrected chi connectivity index (χ3v) is 4.59. The predicted octanol–water partition coefficient (Wildman–Crippen LogP) is 2.99. The predicted molar refractivity (Wildman–Crippen MR) is 77.6 cm³/mol. The third kappa shape index (κ3) is 4.21. The van der Waals surface area contributed by atoms with Gasteiger partial charge in [0.2, 0.25) is 0 Å². The highest BCUT2D eigenvalue weighted by molar-refractivity contribution is 7.12. The van der Waals surface area contributed by atoms with E-state index in [1.54, 1.807) is 18.4 Å². The second kappa shape index (κ2) is 6.91. The Bertz CT molecular complexity index is 413. The van der Waals surface area contributed by atoms with Gasteiger partial charge in [0.15, 0.2) is 0 Å². The average molecular weight is 282 g/mol. The number of hydrogen-bond donors (Lipinski definition) is 2. The quantitative estimate of drug-likeness (QED) is 0.872. The number of methoxy groups -OCH3 is 1. The van der Waals surface area contributed by atoms with Gasteiger partial charge >= 0.3 is 6.03 Å². The fourth-order valence-corrected chi connectivity index (χ4v) is 3.37. The highest BCUT2D eigenvalue weighted by Crippen LogP contribution is 2.24. The van der Waals surface area contributed by atoms with Gasteiger partial charge in [-0.15, -0.1) is 11.3 Å². The van der Waals surface area contributed by atoms with E-state index in [1.165, 1.54) is 17.7 Å². The first-order valence-corrected chi connectivity index (χ1v) is 7.64. The van der Waals surface area contributed by atoms with Crippen molar-refractivity contribution in [2.45, 2.75) is 44.8 Å². The largest absolute Gasteiger partial charge is 0.374 e. The first-order valence-electron chi connectivity index (χ1n) is 6.82. The van der Waals surface area contributed by atoms with Crippen LogP contribution < -0.4 is 10.6 Å². The van der Waals surface area contributed by atoms with Gasteiger partial charge in [-0.2, -0.15) is 0 Å². The molecule has 2 N–H and O–H groups in total. The van der Waals surface area contributed by atoms with E-state index in [1.807, 2.05) is 0 Å². The van der Waals surface area contributed by atoms with Gasteiger partial charge in [0.25, 0.3) is 0 Å². The van der Waals surface area contributed by atoms with Crippen LogP contribution in [0.25, 0.3) is 0 Å². The van der Waals surface area contributed by atoms with Crippen molar-refractivity contribution < 1.29 is 9.53 Å². The minimum atomic E-state index is -0.0813. The van der Waals surface area contributed by atoms with Crippen molar-refractivity contribution in [1.29, 1.82) is 0 Å². The van der Waals surface area contributed by atoms with Gasteiger partial charge in [-0.3, -0.25) is 0 Å². The molecule has 0 spiro atoms. The number of nitrogens with one attached hydrogen (secondary N) is 2. The Morgan fingerprint density at radius 1 is 1.47 bits per heavy atom. The number of carbonyl (C=O) groups excluding carboxylic acids is 1. The molecule has 4 nitrogen and oxygen atoms in total. The molecule has 2 rings (SSSR count). The molecule has 1 atom stereocenters. The molecule has 1 fully saturated rings. The van der Waals surface area contributed by atoms with Gasteiger partial charge in [-0.25, -0.2) is 4.79 Å². The zero-order valence-electron chi connectivity index (χ0n) is 11.6. The molecule has 1 saturated carbocycles. The lowest BCUT2D eigenvalue weighted by atomic mass is 10.2. The molecule has 0 aromatic carbocycles. The first kappa shape index (κ1) is 14.3. The lowest BCUT2D eigenvalue weighted by molar-refractivity contribution is 0.106. The fourth-order valence-electron chi connectivity index (χ4n) is 2.42. The second-order valence-corrected chi connectivity index (χ2v) is 6.33. The Morgan fingerprint density at radius 3 is 2.79 bits per heavy atom. The van der Waals surface area contributed by atoms with Gasteiger partial charge in [-0.1, -0.05) is 12.8 Å². The molecule has 1 heterocycles. The van der Waals surface area contributed by atoms with E-state index in [4.69, 9.17) is 4.74 Å². The molecule has 0 saturated heterocycles. The zero-order valence-corrected chi connectivity index (χ0v) is 12.4. The minimum Gasteiger partial charge on any atom is -0.374 e. The Morgan fingerprint density at radius 2 is 2.21 bits per heavy atom. The van der Waals surface area contributed by atoms with Crippen LogP contribution in [-0.2, 0) is 4.74 Å². The third-order valence-electron chi connectivity index (χ3n) is 3.50. The standard InChI is InChI=1S/C14H22N2O2S/c1-10-7-8-13(19-10)12(18-2)9-15-14(17)16-11-5-3-4-6-11/h7-8,11-12H,3-6,9H2,1-2H3,(H2,15,16,17)/t12-/m0/s1. The summed E-state index contributed by atoms with van der Waals surface area (Å²) in [6, 6.07) is 4.40. The molecule has 0 radical (unpaired) electrons. The number of ether oxygens (including phenoxy) is 1. The maximum Gasteiger partial charge on any atom is 0.315 e. The van der Waals surface area contributed by atoms with Crippen molar-refractivity contribution >= 4 is 17.4 Å². The molecule has 106 valence electrons. The van der Waals surface area contributed by atoms with Crippen molar-refractivity contribution in [3.63, 3.8) is 0 Å². The molecular formula is C14H22N2O2S. The zero-order chi connectivity index (χ0) is 13.7. The molecule has 1 aromatic heterocycles. The number of rotatable bonds is 5. The van der Waals surface area contributed by atoms with Crippen LogP contribution in [0, 0.1) is 6.92 Å². The summed E-state index contributed by atoms with van der Waals surface area (Å²) < 4.78 is 5.44. The molecular weight excluding hydrogens is 260 g/mol. The monoisotopic (exact) mass is 282 g/mol. The van der Waals surface area contributed by atoms with E-state index in [0.29, 0.717) is 12.6 Å². The second-order valence-electron chi connectivity index (χ2n) is 5.01. The molecule has 1 aliphatic rings. The first-order chi connectivity index (χ1) is 9.19. The van der Waals surface area contributed by atoms with Crippen LogP contribution in [0.1, 0.15) is 41.5 Å². The number of aryl methyl sites for hydroxylation is 1. The summed E-state index contributed by atoms with van der Waals surface area (Å²) in [6.45, 7) is 2.58. The van der Waals surface area contributed by atoms with Gasteiger partial charge in [0.05, 0.1) is 6.54 Å². The van der Waals surface area contributed by atoms with E-state index >= 15 is 0 Å². The van der Waals surface area contributed by atoms with E-state index in [0.717, 1.165) is 17.7 Å².